The molecule has 0 saturated heterocycles. The van der Waals surface area contributed by atoms with E-state index in [-0.39, 0.29) is 18.6 Å². The Balaban J connectivity index is 2.46. The van der Waals surface area contributed by atoms with Crippen LogP contribution in [-0.4, -0.2) is 66.7 Å². The van der Waals surface area contributed by atoms with Crippen molar-refractivity contribution in [3.05, 3.63) is 0 Å². The van der Waals surface area contributed by atoms with Crippen LogP contribution in [0.3, 0.4) is 0 Å². The molecule has 0 heterocycles. The van der Waals surface area contributed by atoms with Gasteiger partial charge < -0.3 is 20.2 Å². The van der Waals surface area contributed by atoms with Gasteiger partial charge in [0.05, 0.1) is 0 Å². The van der Waals surface area contributed by atoms with Crippen LogP contribution >= 0.6 is 0 Å². The number of amides is 2. The lowest BCUT2D eigenvalue weighted by Gasteiger charge is -2.28. The number of carboxylic acid groups (broad SMARTS) is 1. The molecule has 0 radical (unpaired) electrons. The summed E-state index contributed by atoms with van der Waals surface area (Å²) in [5.74, 6) is -0.974. The van der Waals surface area contributed by atoms with Crippen LogP contribution in [0.5, 0.6) is 0 Å². The van der Waals surface area contributed by atoms with Crippen molar-refractivity contribution in [2.24, 2.45) is 0 Å². The van der Waals surface area contributed by atoms with Gasteiger partial charge in [0.15, 0.2) is 0 Å². The molecule has 2 N–H and O–H groups in total. The Bertz CT molecular complexity index is 302. The average Bonchev–Trinajstić information content (AvgIpc) is 2.35. The van der Waals surface area contributed by atoms with Gasteiger partial charge in [0.25, 0.3) is 0 Å². The van der Waals surface area contributed by atoms with Crippen LogP contribution in [0.1, 0.15) is 32.1 Å². The summed E-state index contributed by atoms with van der Waals surface area (Å²) in [5.41, 5.74) is 0. The number of aliphatic carboxylic acids is 1. The van der Waals surface area contributed by atoms with E-state index < -0.39 is 5.97 Å². The number of nitrogens with zero attached hydrogens (tertiary/aromatic N) is 2. The van der Waals surface area contributed by atoms with Crippen LogP contribution in [0.2, 0.25) is 0 Å². The first kappa shape index (κ1) is 15.8. The largest absolute Gasteiger partial charge is 0.480 e. The summed E-state index contributed by atoms with van der Waals surface area (Å²) in [4.78, 5) is 26.2. The summed E-state index contributed by atoms with van der Waals surface area (Å²) in [5, 5.41) is 11.8. The lowest BCUT2D eigenvalue weighted by Crippen LogP contribution is -2.49. The third-order valence-electron chi connectivity index (χ3n) is 3.36. The molecule has 0 atom stereocenters. The molecule has 1 aliphatic rings. The summed E-state index contributed by atoms with van der Waals surface area (Å²) in [7, 11) is 3.80. The van der Waals surface area contributed by atoms with Gasteiger partial charge in [-0.1, -0.05) is 19.3 Å². The van der Waals surface area contributed by atoms with Gasteiger partial charge in [0.2, 0.25) is 0 Å². The predicted octanol–water partition coefficient (Wildman–Crippen LogP) is 0.977. The van der Waals surface area contributed by atoms with E-state index in [0.29, 0.717) is 13.1 Å². The molecule has 0 spiro atoms. The molecule has 1 fully saturated rings. The molecule has 0 bridgehead atoms. The van der Waals surface area contributed by atoms with E-state index in [1.165, 1.54) is 11.3 Å². The fourth-order valence-corrected chi connectivity index (χ4v) is 2.25. The van der Waals surface area contributed by atoms with E-state index in [0.717, 1.165) is 25.7 Å². The van der Waals surface area contributed by atoms with Crippen LogP contribution < -0.4 is 5.32 Å². The smallest absolute Gasteiger partial charge is 0.323 e. The van der Waals surface area contributed by atoms with Crippen LogP contribution in [-0.2, 0) is 4.79 Å². The Hall–Kier alpha value is -1.30. The highest BCUT2D eigenvalue weighted by Crippen LogP contribution is 2.17. The monoisotopic (exact) mass is 271 g/mol. The lowest BCUT2D eigenvalue weighted by atomic mass is 9.96. The number of carboxylic acids is 1. The normalized spacial score (nSPS) is 16.4. The highest BCUT2D eigenvalue weighted by atomic mass is 16.4. The number of urea groups is 1. The summed E-state index contributed by atoms with van der Waals surface area (Å²) in [6.45, 7) is 0.843. The van der Waals surface area contributed by atoms with E-state index in [4.69, 9.17) is 5.11 Å². The molecule has 19 heavy (non-hydrogen) atoms. The first-order chi connectivity index (χ1) is 8.99. The SMILES string of the molecule is CN(C)CCN(CC(=O)O)C(=O)NC1CCCCC1. The van der Waals surface area contributed by atoms with Crippen LogP contribution in [0.25, 0.3) is 0 Å². The Kier molecular flexibility index (Phi) is 6.62. The molecule has 0 aliphatic heterocycles. The van der Waals surface area contributed by atoms with Crippen molar-refractivity contribution in [1.29, 1.82) is 0 Å². The van der Waals surface area contributed by atoms with Gasteiger partial charge in [-0.2, -0.15) is 0 Å². The number of likely N-dealkylation sites (N-methyl/N-ethyl adjacent to an activating group) is 1. The van der Waals surface area contributed by atoms with Gasteiger partial charge >= 0.3 is 12.0 Å². The van der Waals surface area contributed by atoms with Gasteiger partial charge in [-0.05, 0) is 26.9 Å². The molecule has 1 rings (SSSR count). The minimum absolute atomic E-state index is 0.205. The van der Waals surface area contributed by atoms with Gasteiger partial charge in [-0.25, -0.2) is 4.79 Å². The summed E-state index contributed by atoms with van der Waals surface area (Å²) < 4.78 is 0. The van der Waals surface area contributed by atoms with E-state index in [2.05, 4.69) is 5.32 Å². The first-order valence-corrected chi connectivity index (χ1v) is 6.91. The standard InChI is InChI=1S/C13H25N3O3/c1-15(2)8-9-16(10-12(17)18)13(19)14-11-6-4-3-5-7-11/h11H,3-10H2,1-2H3,(H,14,19)(H,17,18). The second-order valence-corrected chi connectivity index (χ2v) is 5.40. The zero-order valence-corrected chi connectivity index (χ0v) is 11.9. The Morgan fingerprint density at radius 3 is 2.32 bits per heavy atom. The second-order valence-electron chi connectivity index (χ2n) is 5.40. The molecular formula is C13H25N3O3. The molecule has 1 saturated carbocycles. The quantitative estimate of drug-likeness (QED) is 0.755. The number of rotatable bonds is 6. The lowest BCUT2D eigenvalue weighted by molar-refractivity contribution is -0.137. The predicted molar refractivity (Wildman–Crippen MR) is 73.2 cm³/mol. The van der Waals surface area contributed by atoms with Crippen LogP contribution in [0.4, 0.5) is 4.79 Å². The maximum atomic E-state index is 12.1. The maximum absolute atomic E-state index is 12.1. The number of hydrogen-bond acceptors (Lipinski definition) is 3. The van der Waals surface area contributed by atoms with E-state index in [1.807, 2.05) is 19.0 Å². The minimum Gasteiger partial charge on any atom is -0.480 e. The van der Waals surface area contributed by atoms with Crippen molar-refractivity contribution in [2.75, 3.05) is 33.7 Å². The number of carbonyl (C=O) groups is 2. The molecule has 0 unspecified atom stereocenters. The summed E-state index contributed by atoms with van der Waals surface area (Å²) in [6.07, 6.45) is 5.51. The van der Waals surface area contributed by atoms with Gasteiger partial charge in [0, 0.05) is 19.1 Å². The van der Waals surface area contributed by atoms with Gasteiger partial charge in [-0.3, -0.25) is 4.79 Å². The van der Waals surface area contributed by atoms with Gasteiger partial charge in [-0.15, -0.1) is 0 Å². The highest BCUT2D eigenvalue weighted by molar-refractivity contribution is 5.80. The Morgan fingerprint density at radius 2 is 1.79 bits per heavy atom. The fraction of sp³-hybridized carbons (Fsp3) is 0.846. The van der Waals surface area contributed by atoms with Crippen LogP contribution in [0, 0.1) is 0 Å². The maximum Gasteiger partial charge on any atom is 0.323 e. The molecule has 0 aromatic rings. The topological polar surface area (TPSA) is 72.9 Å². The third kappa shape index (κ3) is 6.42. The van der Waals surface area contributed by atoms with E-state index in [9.17, 15) is 9.59 Å². The first-order valence-electron chi connectivity index (χ1n) is 6.91. The number of hydrogen-bond donors (Lipinski definition) is 2. The summed E-state index contributed by atoms with van der Waals surface area (Å²) in [6, 6.07) is -0.0481. The third-order valence-corrected chi connectivity index (χ3v) is 3.36. The summed E-state index contributed by atoms with van der Waals surface area (Å²) >= 11 is 0. The molecule has 110 valence electrons. The van der Waals surface area contributed by atoms with Crippen molar-refractivity contribution >= 4 is 12.0 Å². The molecule has 1 aliphatic carbocycles. The Labute approximate surface area is 114 Å². The number of carbonyl (C=O) groups excluding carboxylic acids is 1. The molecule has 6 heteroatoms. The molecule has 0 aromatic carbocycles. The number of nitrogens with one attached hydrogen (secondary N) is 1. The Morgan fingerprint density at radius 1 is 1.16 bits per heavy atom. The highest BCUT2D eigenvalue weighted by Gasteiger charge is 2.21. The van der Waals surface area contributed by atoms with Crippen molar-refractivity contribution < 1.29 is 14.7 Å². The van der Waals surface area contributed by atoms with Crippen molar-refractivity contribution in [3.8, 4) is 0 Å². The average molecular weight is 271 g/mol. The van der Waals surface area contributed by atoms with Crippen molar-refractivity contribution in [1.82, 2.24) is 15.1 Å². The van der Waals surface area contributed by atoms with E-state index >= 15 is 0 Å². The van der Waals surface area contributed by atoms with Crippen molar-refractivity contribution in [2.45, 2.75) is 38.1 Å². The minimum atomic E-state index is -0.974. The van der Waals surface area contributed by atoms with E-state index in [1.54, 1.807) is 0 Å². The van der Waals surface area contributed by atoms with Crippen molar-refractivity contribution in [3.63, 3.8) is 0 Å². The zero-order valence-electron chi connectivity index (χ0n) is 11.9. The van der Waals surface area contributed by atoms with Gasteiger partial charge in [0.1, 0.15) is 6.54 Å². The zero-order chi connectivity index (χ0) is 14.3. The molecule has 6 nitrogen and oxygen atoms in total. The fourth-order valence-electron chi connectivity index (χ4n) is 2.25. The second kappa shape index (κ2) is 7.99. The van der Waals surface area contributed by atoms with Crippen LogP contribution in [0.15, 0.2) is 0 Å². The molecular weight excluding hydrogens is 246 g/mol. The molecule has 2 amide bonds. The molecule has 0 aromatic heterocycles.